The van der Waals surface area contributed by atoms with E-state index in [1.54, 1.807) is 6.07 Å². The summed E-state index contributed by atoms with van der Waals surface area (Å²) >= 11 is 7.15. The normalized spacial score (nSPS) is 15.8. The molecule has 3 rings (SSSR count). The number of benzene rings is 1. The average Bonchev–Trinajstić information content (AvgIpc) is 3.01. The lowest BCUT2D eigenvalue weighted by molar-refractivity contribution is -0.127. The zero-order valence-electron chi connectivity index (χ0n) is 12.8. The third-order valence-electron chi connectivity index (χ3n) is 3.22. The minimum Gasteiger partial charge on any atom is -0.449 e. The van der Waals surface area contributed by atoms with Gasteiger partial charge in [0, 0.05) is 11.8 Å². The number of hydrogen-bond donors (Lipinski definition) is 1. The van der Waals surface area contributed by atoms with Crippen LogP contribution in [0.3, 0.4) is 0 Å². The number of nitrogens with zero attached hydrogens (tertiary/aromatic N) is 1. The predicted octanol–water partition coefficient (Wildman–Crippen LogP) is 4.62. The molecule has 1 N–H and O–H groups in total. The van der Waals surface area contributed by atoms with E-state index in [-0.39, 0.29) is 10.6 Å². The molecule has 10 heteroatoms. The van der Waals surface area contributed by atoms with E-state index in [1.165, 1.54) is 24.3 Å². The molecule has 1 aliphatic rings. The maximum atomic E-state index is 13.1. The van der Waals surface area contributed by atoms with E-state index >= 15 is 0 Å². The van der Waals surface area contributed by atoms with Crippen LogP contribution in [0.1, 0.15) is 5.76 Å². The highest BCUT2D eigenvalue weighted by molar-refractivity contribution is 9.13. The monoisotopic (exact) mass is 502 g/mol. The van der Waals surface area contributed by atoms with Crippen molar-refractivity contribution >= 4 is 72.4 Å². The van der Waals surface area contributed by atoms with Gasteiger partial charge in [0.1, 0.15) is 18.1 Å². The first-order valence-electron chi connectivity index (χ1n) is 7.09. The fourth-order valence-corrected chi connectivity index (χ4v) is 3.54. The maximum absolute atomic E-state index is 13.1. The van der Waals surface area contributed by atoms with Crippen LogP contribution in [0.15, 0.2) is 48.8 Å². The van der Waals surface area contributed by atoms with Gasteiger partial charge in [-0.3, -0.25) is 19.3 Å². The average molecular weight is 504 g/mol. The van der Waals surface area contributed by atoms with E-state index in [9.17, 15) is 18.8 Å². The molecule has 0 saturated carbocycles. The number of nitrogens with one attached hydrogen (secondary N) is 1. The molecule has 0 unspecified atom stereocenters. The van der Waals surface area contributed by atoms with Crippen molar-refractivity contribution in [2.45, 2.75) is 0 Å². The number of carbonyl (C=O) groups excluding carboxylic acids is 3. The summed E-state index contributed by atoms with van der Waals surface area (Å²) in [7, 11) is 0. The van der Waals surface area contributed by atoms with E-state index in [0.29, 0.717) is 26.7 Å². The van der Waals surface area contributed by atoms with Crippen molar-refractivity contribution in [1.29, 1.82) is 0 Å². The number of hydrogen-bond acceptors (Lipinski definition) is 5. The van der Waals surface area contributed by atoms with Crippen molar-refractivity contribution in [3.8, 4) is 0 Å². The van der Waals surface area contributed by atoms with E-state index in [0.717, 1.165) is 11.0 Å². The molecular weight excluding hydrogens is 495 g/mol. The van der Waals surface area contributed by atoms with Gasteiger partial charge >= 0.3 is 0 Å². The number of furan rings is 1. The Bertz CT molecular complexity index is 925. The molecule has 1 aromatic carbocycles. The Morgan fingerprint density at radius 1 is 1.31 bits per heavy atom. The lowest BCUT2D eigenvalue weighted by Gasteiger charge is -2.12. The van der Waals surface area contributed by atoms with Gasteiger partial charge in [-0.25, -0.2) is 4.39 Å². The highest BCUT2D eigenvalue weighted by Gasteiger charge is 2.36. The molecule has 0 radical (unpaired) electrons. The molecule has 0 spiro atoms. The van der Waals surface area contributed by atoms with Crippen LogP contribution >= 0.6 is 43.6 Å². The van der Waals surface area contributed by atoms with Crippen LogP contribution in [0.5, 0.6) is 0 Å². The minimum atomic E-state index is -0.609. The van der Waals surface area contributed by atoms with Crippen LogP contribution in [0, 0.1) is 5.82 Å². The van der Waals surface area contributed by atoms with Crippen molar-refractivity contribution in [1.82, 2.24) is 4.90 Å². The summed E-state index contributed by atoms with van der Waals surface area (Å²) in [6, 6.07) is 6.95. The molecule has 2 aromatic rings. The van der Waals surface area contributed by atoms with Crippen molar-refractivity contribution in [2.24, 2.45) is 0 Å². The van der Waals surface area contributed by atoms with Crippen molar-refractivity contribution in [2.75, 3.05) is 11.9 Å². The molecule has 26 heavy (non-hydrogen) atoms. The summed E-state index contributed by atoms with van der Waals surface area (Å²) in [5.41, 5.74) is 0.239. The Kier molecular flexibility index (Phi) is 5.64. The molecule has 0 bridgehead atoms. The molecular formula is C16H9Br2FN2O4S. The highest BCUT2D eigenvalue weighted by Crippen LogP contribution is 2.34. The third-order valence-corrected chi connectivity index (χ3v) is 5.84. The first-order valence-corrected chi connectivity index (χ1v) is 9.49. The number of carbonyl (C=O) groups is 3. The molecule has 0 atom stereocenters. The van der Waals surface area contributed by atoms with Crippen LogP contribution < -0.4 is 5.32 Å². The molecule has 1 saturated heterocycles. The van der Waals surface area contributed by atoms with Gasteiger partial charge in [0.25, 0.3) is 11.1 Å². The van der Waals surface area contributed by atoms with Crippen LogP contribution in [-0.4, -0.2) is 28.5 Å². The summed E-state index contributed by atoms with van der Waals surface area (Å²) in [6.07, 6.45) is 1.42. The Balaban J connectivity index is 1.69. The summed E-state index contributed by atoms with van der Waals surface area (Å²) < 4.78 is 19.6. The van der Waals surface area contributed by atoms with Crippen molar-refractivity contribution in [3.05, 3.63) is 56.0 Å². The molecule has 3 amide bonds. The summed E-state index contributed by atoms with van der Waals surface area (Å²) in [6.45, 7) is -0.468. The second kappa shape index (κ2) is 7.77. The second-order valence-electron chi connectivity index (χ2n) is 5.10. The lowest BCUT2D eigenvalue weighted by atomic mass is 10.3. The molecule has 1 aliphatic heterocycles. The zero-order chi connectivity index (χ0) is 18.8. The SMILES string of the molecule is O=C(CN1C(=O)S/C(=C/c2cc(Br)c(Br)o2)C1=O)Nc1cccc(F)c1. The van der Waals surface area contributed by atoms with Crippen LogP contribution in [0.25, 0.3) is 6.08 Å². The Morgan fingerprint density at radius 3 is 2.73 bits per heavy atom. The summed E-state index contributed by atoms with van der Waals surface area (Å²) in [5.74, 6) is -1.34. The molecule has 2 heterocycles. The van der Waals surface area contributed by atoms with Crippen molar-refractivity contribution < 1.29 is 23.2 Å². The molecule has 1 aromatic heterocycles. The zero-order valence-corrected chi connectivity index (χ0v) is 16.8. The fraction of sp³-hybridized carbons (Fsp3) is 0.0625. The van der Waals surface area contributed by atoms with Crippen LogP contribution in [0.4, 0.5) is 14.9 Å². The second-order valence-corrected chi connectivity index (χ2v) is 7.66. The molecule has 6 nitrogen and oxygen atoms in total. The topological polar surface area (TPSA) is 79.6 Å². The third kappa shape index (κ3) is 4.25. The van der Waals surface area contributed by atoms with E-state index in [2.05, 4.69) is 37.2 Å². The Morgan fingerprint density at radius 2 is 2.08 bits per heavy atom. The largest absolute Gasteiger partial charge is 0.449 e. The van der Waals surface area contributed by atoms with Gasteiger partial charge in [-0.15, -0.1) is 0 Å². The van der Waals surface area contributed by atoms with Gasteiger partial charge in [0.05, 0.1) is 9.38 Å². The highest BCUT2D eigenvalue weighted by atomic mass is 79.9. The standard InChI is InChI=1S/C16H9Br2FN2O4S/c17-11-5-10(25-14(11)18)6-12-15(23)21(16(24)26-12)7-13(22)20-9-3-1-2-8(19)4-9/h1-6H,7H2,(H,20,22)/b12-6+. The quantitative estimate of drug-likeness (QED) is 0.616. The van der Waals surface area contributed by atoms with Gasteiger partial charge in [-0.1, -0.05) is 6.07 Å². The summed E-state index contributed by atoms with van der Waals surface area (Å²) in [4.78, 5) is 37.4. The number of rotatable bonds is 4. The minimum absolute atomic E-state index is 0.141. The number of amides is 3. The van der Waals surface area contributed by atoms with E-state index < -0.39 is 29.4 Å². The fourth-order valence-electron chi connectivity index (χ4n) is 2.11. The Labute approximate surface area is 168 Å². The first kappa shape index (κ1) is 18.9. The van der Waals surface area contributed by atoms with Gasteiger partial charge < -0.3 is 9.73 Å². The lowest BCUT2D eigenvalue weighted by Crippen LogP contribution is -2.36. The van der Waals surface area contributed by atoms with Crippen LogP contribution in [-0.2, 0) is 9.59 Å². The predicted molar refractivity (Wildman–Crippen MR) is 102 cm³/mol. The molecule has 1 fully saturated rings. The summed E-state index contributed by atoms with van der Waals surface area (Å²) in [5, 5.41) is 1.87. The smallest absolute Gasteiger partial charge is 0.294 e. The molecule has 0 aliphatic carbocycles. The van der Waals surface area contributed by atoms with E-state index in [4.69, 9.17) is 4.42 Å². The molecule has 134 valence electrons. The number of imide groups is 1. The van der Waals surface area contributed by atoms with Gasteiger partial charge in [-0.2, -0.15) is 0 Å². The number of halogens is 3. The van der Waals surface area contributed by atoms with Gasteiger partial charge in [0.15, 0.2) is 4.67 Å². The van der Waals surface area contributed by atoms with Crippen molar-refractivity contribution in [3.63, 3.8) is 0 Å². The van der Waals surface area contributed by atoms with Gasteiger partial charge in [-0.05, 0) is 67.9 Å². The van der Waals surface area contributed by atoms with Gasteiger partial charge in [0.2, 0.25) is 5.91 Å². The number of anilines is 1. The van der Waals surface area contributed by atoms with E-state index in [1.807, 2.05) is 0 Å². The Hall–Kier alpha value is -1.91. The van der Waals surface area contributed by atoms with Crippen LogP contribution in [0.2, 0.25) is 0 Å². The first-order chi connectivity index (χ1) is 12.3. The number of thioether (sulfide) groups is 1. The maximum Gasteiger partial charge on any atom is 0.294 e.